The van der Waals surface area contributed by atoms with E-state index < -0.39 is 0 Å². The van der Waals surface area contributed by atoms with Gasteiger partial charge in [-0.3, -0.25) is 0 Å². The van der Waals surface area contributed by atoms with Crippen LogP contribution in [0.1, 0.15) is 45.6 Å². The van der Waals surface area contributed by atoms with E-state index in [1.165, 1.54) is 49.3 Å². The van der Waals surface area contributed by atoms with Crippen molar-refractivity contribution in [2.24, 2.45) is 0 Å². The number of nitrogens with zero attached hydrogens (tertiary/aromatic N) is 1. The smallest absolute Gasteiger partial charge is 0.0491 e. The van der Waals surface area contributed by atoms with E-state index in [2.05, 4.69) is 99.6 Å². The van der Waals surface area contributed by atoms with Gasteiger partial charge in [-0.05, 0) is 84.7 Å². The van der Waals surface area contributed by atoms with Crippen molar-refractivity contribution in [2.45, 2.75) is 47.0 Å². The van der Waals surface area contributed by atoms with Gasteiger partial charge in [0.25, 0.3) is 0 Å². The highest BCUT2D eigenvalue weighted by Gasteiger charge is 2.23. The van der Waals surface area contributed by atoms with Crippen LogP contribution in [0.4, 0.5) is 5.69 Å². The van der Waals surface area contributed by atoms with Crippen LogP contribution < -0.4 is 15.4 Å². The molecule has 0 unspecified atom stereocenters. The van der Waals surface area contributed by atoms with Crippen molar-refractivity contribution in [1.82, 2.24) is 5.32 Å². The maximum atomic E-state index is 4.11. The Hall–Kier alpha value is -3.78. The van der Waals surface area contributed by atoms with Crippen molar-refractivity contribution in [3.05, 3.63) is 120 Å². The van der Waals surface area contributed by atoms with Crippen LogP contribution in [0.3, 0.4) is 0 Å². The first-order chi connectivity index (χ1) is 17.5. The molecule has 4 rings (SSSR count). The molecule has 0 radical (unpaired) electrons. The van der Waals surface area contributed by atoms with Gasteiger partial charge in [-0.25, -0.2) is 0 Å². The van der Waals surface area contributed by atoms with Crippen molar-refractivity contribution in [3.63, 3.8) is 0 Å². The fraction of sp³-hybridized carbons (Fsp3) is 0.235. The predicted octanol–water partition coefficient (Wildman–Crippen LogP) is 8.39. The van der Waals surface area contributed by atoms with Gasteiger partial charge >= 0.3 is 0 Å². The van der Waals surface area contributed by atoms with E-state index in [9.17, 15) is 0 Å². The minimum Gasteiger partial charge on any atom is -0.361 e. The number of hydrogen-bond donors (Lipinski definition) is 1. The molecule has 1 N–H and O–H groups in total. The molecule has 0 saturated carbocycles. The molecule has 0 atom stereocenters. The average Bonchev–Trinajstić information content (AvgIpc) is 3.30. The van der Waals surface area contributed by atoms with Crippen LogP contribution in [0.5, 0.6) is 0 Å². The molecule has 0 fully saturated rings. The number of allylic oxidation sites excluding steroid dienone is 6. The van der Waals surface area contributed by atoms with Gasteiger partial charge in [0.2, 0.25) is 0 Å². The lowest BCUT2D eigenvalue weighted by Gasteiger charge is -2.24. The molecular weight excluding hydrogens is 436 g/mol. The minimum atomic E-state index is 0.957. The molecule has 0 aromatic heterocycles. The third-order valence-corrected chi connectivity index (χ3v) is 7.16. The van der Waals surface area contributed by atoms with E-state index in [0.717, 1.165) is 37.1 Å². The molecule has 0 spiro atoms. The highest BCUT2D eigenvalue weighted by molar-refractivity contribution is 6.16. The molecule has 3 aromatic rings. The van der Waals surface area contributed by atoms with Crippen LogP contribution in [-0.2, 0) is 0 Å². The second-order valence-corrected chi connectivity index (χ2v) is 9.34. The Morgan fingerprint density at radius 2 is 1.86 bits per heavy atom. The first-order valence-electron chi connectivity index (χ1n) is 13.0. The molecule has 36 heavy (non-hydrogen) atoms. The van der Waals surface area contributed by atoms with E-state index in [-0.39, 0.29) is 0 Å². The second-order valence-electron chi connectivity index (χ2n) is 9.34. The zero-order valence-electron chi connectivity index (χ0n) is 22.2. The first-order valence-corrected chi connectivity index (χ1v) is 13.0. The molecule has 0 amide bonds. The average molecular weight is 475 g/mol. The lowest BCUT2D eigenvalue weighted by molar-refractivity contribution is 0.940. The quantitative estimate of drug-likeness (QED) is 0.313. The molecule has 0 bridgehead atoms. The molecule has 2 nitrogen and oxygen atoms in total. The molecule has 1 heterocycles. The van der Waals surface area contributed by atoms with Gasteiger partial charge in [0.05, 0.1) is 0 Å². The Bertz CT molecular complexity index is 1480. The zero-order chi connectivity index (χ0) is 25.7. The standard InChI is InChI=1S/C34H38N2/c1-7-13-31-26(9-3)21-23-36(31)32-20-17-27-16-19-28(33-25(6)15-18-29(32)34(27)33)30(10-4)35-22-12-11-14-24(5)8-2/h7,10-20,22,35H,4-5,8-9,21,23H2,1-3,6H3/b13-7-,14-11-,22-12-,30-28+. The minimum absolute atomic E-state index is 0.957. The van der Waals surface area contributed by atoms with Gasteiger partial charge in [0, 0.05) is 40.4 Å². The van der Waals surface area contributed by atoms with Gasteiger partial charge in [-0.2, -0.15) is 0 Å². The Kier molecular flexibility index (Phi) is 7.95. The van der Waals surface area contributed by atoms with Crippen LogP contribution in [-0.4, -0.2) is 6.54 Å². The summed E-state index contributed by atoms with van der Waals surface area (Å²) in [6.07, 6.45) is 17.5. The summed E-state index contributed by atoms with van der Waals surface area (Å²) in [5, 5.41) is 9.80. The van der Waals surface area contributed by atoms with Gasteiger partial charge in [0.15, 0.2) is 0 Å². The van der Waals surface area contributed by atoms with Crippen molar-refractivity contribution in [2.75, 3.05) is 11.4 Å². The third-order valence-electron chi connectivity index (χ3n) is 7.16. The van der Waals surface area contributed by atoms with E-state index >= 15 is 0 Å². The lowest BCUT2D eigenvalue weighted by Crippen LogP contribution is -2.19. The summed E-state index contributed by atoms with van der Waals surface area (Å²) < 4.78 is 0. The summed E-state index contributed by atoms with van der Waals surface area (Å²) in [6.45, 7) is 17.8. The Balaban J connectivity index is 1.89. The maximum Gasteiger partial charge on any atom is 0.0491 e. The number of anilines is 1. The SMILES string of the molecule is C=C/C(N/C=C\C=C/C(=C)CC)=c1/ccc2ccc(N3CCC(CC)=C3/C=C\C)c3ccc(C)c1c23. The van der Waals surface area contributed by atoms with E-state index in [1.807, 2.05) is 30.5 Å². The number of hydrogen-bond acceptors (Lipinski definition) is 2. The number of nitrogens with one attached hydrogen (secondary N) is 1. The van der Waals surface area contributed by atoms with Crippen molar-refractivity contribution in [1.29, 1.82) is 0 Å². The monoisotopic (exact) mass is 474 g/mol. The van der Waals surface area contributed by atoms with Gasteiger partial charge in [-0.15, -0.1) is 0 Å². The molecular formula is C34H38N2. The summed E-state index contributed by atoms with van der Waals surface area (Å²) >= 11 is 0. The van der Waals surface area contributed by atoms with Crippen molar-refractivity contribution >= 4 is 32.9 Å². The molecule has 184 valence electrons. The summed E-state index contributed by atoms with van der Waals surface area (Å²) in [5.74, 6) is 0. The van der Waals surface area contributed by atoms with E-state index in [1.54, 1.807) is 0 Å². The molecule has 1 aliphatic heterocycles. The summed E-state index contributed by atoms with van der Waals surface area (Å²) in [6, 6.07) is 13.6. The highest BCUT2D eigenvalue weighted by atomic mass is 15.2. The number of rotatable bonds is 9. The Morgan fingerprint density at radius 1 is 1.06 bits per heavy atom. The van der Waals surface area contributed by atoms with E-state index in [0.29, 0.717) is 0 Å². The molecule has 2 heteroatoms. The Morgan fingerprint density at radius 3 is 2.58 bits per heavy atom. The highest BCUT2D eigenvalue weighted by Crippen LogP contribution is 2.39. The van der Waals surface area contributed by atoms with Crippen LogP contribution >= 0.6 is 0 Å². The lowest BCUT2D eigenvalue weighted by atomic mass is 9.93. The zero-order valence-corrected chi connectivity index (χ0v) is 22.2. The second kappa shape index (κ2) is 11.3. The topological polar surface area (TPSA) is 15.3 Å². The van der Waals surface area contributed by atoms with Crippen LogP contribution in [0, 0.1) is 6.92 Å². The molecule has 0 aliphatic carbocycles. The normalized spacial score (nSPS) is 15.4. The number of benzene rings is 3. The summed E-state index contributed by atoms with van der Waals surface area (Å²) in [5.41, 5.74) is 7.56. The fourth-order valence-electron chi connectivity index (χ4n) is 5.17. The largest absolute Gasteiger partial charge is 0.361 e. The van der Waals surface area contributed by atoms with E-state index in [4.69, 9.17) is 0 Å². The molecule has 1 aliphatic rings. The Labute approximate surface area is 216 Å². The third kappa shape index (κ3) is 4.81. The molecule has 3 aromatic carbocycles. The van der Waals surface area contributed by atoms with Crippen LogP contribution in [0.15, 0.2) is 109 Å². The van der Waals surface area contributed by atoms with Gasteiger partial charge in [-0.1, -0.05) is 81.1 Å². The summed E-state index contributed by atoms with van der Waals surface area (Å²) in [7, 11) is 0. The van der Waals surface area contributed by atoms with Crippen LogP contribution in [0.2, 0.25) is 0 Å². The fourth-order valence-corrected chi connectivity index (χ4v) is 5.17. The molecule has 0 saturated heterocycles. The van der Waals surface area contributed by atoms with Gasteiger partial charge < -0.3 is 10.2 Å². The number of aryl methyl sites for hydroxylation is 1. The first kappa shape index (κ1) is 25.3. The summed E-state index contributed by atoms with van der Waals surface area (Å²) in [4.78, 5) is 2.50. The predicted molar refractivity (Wildman–Crippen MR) is 160 cm³/mol. The van der Waals surface area contributed by atoms with Gasteiger partial charge in [0.1, 0.15) is 0 Å². The van der Waals surface area contributed by atoms with Crippen molar-refractivity contribution < 1.29 is 0 Å². The maximum absolute atomic E-state index is 4.11. The van der Waals surface area contributed by atoms with Crippen LogP contribution in [0.25, 0.3) is 27.2 Å². The van der Waals surface area contributed by atoms with Crippen molar-refractivity contribution in [3.8, 4) is 0 Å².